The van der Waals surface area contributed by atoms with Crippen molar-refractivity contribution in [1.29, 1.82) is 0 Å². The number of aliphatic hydroxyl groups excluding tert-OH is 1. The van der Waals surface area contributed by atoms with Crippen LogP contribution in [0, 0.1) is 0 Å². The van der Waals surface area contributed by atoms with Gasteiger partial charge in [0, 0.05) is 13.0 Å². The van der Waals surface area contributed by atoms with Gasteiger partial charge >= 0.3 is 0 Å². The molecule has 15 heavy (non-hydrogen) atoms. The molecule has 0 aliphatic heterocycles. The Bertz CT molecular complexity index is 269. The van der Waals surface area contributed by atoms with Crippen LogP contribution in [0.2, 0.25) is 0 Å². The molecule has 3 nitrogen and oxygen atoms in total. The molecule has 0 aliphatic carbocycles. The lowest BCUT2D eigenvalue weighted by Crippen LogP contribution is -2.19. The third-order valence-electron chi connectivity index (χ3n) is 2.06. The summed E-state index contributed by atoms with van der Waals surface area (Å²) in [5, 5.41) is 8.88. The number of aliphatic hydroxyl groups is 1. The van der Waals surface area contributed by atoms with Crippen molar-refractivity contribution in [3.63, 3.8) is 0 Å². The molecule has 3 heteroatoms. The van der Waals surface area contributed by atoms with Gasteiger partial charge in [-0.15, -0.1) is 0 Å². The Morgan fingerprint density at radius 3 is 2.33 bits per heavy atom. The third-order valence-corrected chi connectivity index (χ3v) is 2.06. The molecule has 1 atom stereocenters. The standard InChI is InChI=1S/C12H18O3/c1-3-12(14-4-2)15-11-7-5-10(9-13)6-8-11/h5-8,12-13H,3-4,9H2,1-2H3. The monoisotopic (exact) mass is 210 g/mol. The van der Waals surface area contributed by atoms with Crippen LogP contribution in [0.15, 0.2) is 24.3 Å². The average Bonchev–Trinajstić information content (AvgIpc) is 2.29. The predicted molar refractivity (Wildman–Crippen MR) is 58.7 cm³/mol. The van der Waals surface area contributed by atoms with Gasteiger partial charge in [0.25, 0.3) is 0 Å². The van der Waals surface area contributed by atoms with Gasteiger partial charge in [-0.1, -0.05) is 19.1 Å². The van der Waals surface area contributed by atoms with Gasteiger partial charge in [-0.3, -0.25) is 0 Å². The van der Waals surface area contributed by atoms with Crippen molar-refractivity contribution in [3.8, 4) is 5.75 Å². The van der Waals surface area contributed by atoms with E-state index in [0.717, 1.165) is 17.7 Å². The average molecular weight is 210 g/mol. The van der Waals surface area contributed by atoms with Gasteiger partial charge in [0.15, 0.2) is 6.29 Å². The van der Waals surface area contributed by atoms with E-state index in [1.165, 1.54) is 0 Å². The molecule has 0 saturated heterocycles. The molecule has 1 N–H and O–H groups in total. The van der Waals surface area contributed by atoms with Crippen molar-refractivity contribution in [2.24, 2.45) is 0 Å². The lowest BCUT2D eigenvalue weighted by atomic mass is 10.2. The molecule has 1 aromatic rings. The molecule has 0 fully saturated rings. The Labute approximate surface area is 90.6 Å². The summed E-state index contributed by atoms with van der Waals surface area (Å²) in [5.41, 5.74) is 0.881. The predicted octanol–water partition coefficient (Wildman–Crippen LogP) is 2.33. The first-order valence-corrected chi connectivity index (χ1v) is 5.28. The molecule has 0 bridgehead atoms. The van der Waals surface area contributed by atoms with E-state index in [1.54, 1.807) is 0 Å². The Morgan fingerprint density at radius 1 is 1.20 bits per heavy atom. The van der Waals surface area contributed by atoms with Gasteiger partial charge in [0.05, 0.1) is 6.61 Å². The molecule has 1 unspecified atom stereocenters. The van der Waals surface area contributed by atoms with E-state index in [1.807, 2.05) is 38.1 Å². The van der Waals surface area contributed by atoms with Gasteiger partial charge in [0.1, 0.15) is 5.75 Å². The highest BCUT2D eigenvalue weighted by Gasteiger charge is 2.06. The quantitative estimate of drug-likeness (QED) is 0.732. The minimum absolute atomic E-state index is 0.0585. The number of benzene rings is 1. The summed E-state index contributed by atoms with van der Waals surface area (Å²) < 4.78 is 11.0. The third kappa shape index (κ3) is 3.90. The van der Waals surface area contributed by atoms with Crippen molar-refractivity contribution in [2.45, 2.75) is 33.2 Å². The lowest BCUT2D eigenvalue weighted by molar-refractivity contribution is -0.0766. The molecule has 0 saturated carbocycles. The van der Waals surface area contributed by atoms with Gasteiger partial charge < -0.3 is 14.6 Å². The number of ether oxygens (including phenoxy) is 2. The summed E-state index contributed by atoms with van der Waals surface area (Å²) in [6.07, 6.45) is 0.630. The first kappa shape index (κ1) is 12.0. The van der Waals surface area contributed by atoms with Crippen molar-refractivity contribution in [1.82, 2.24) is 0 Å². The van der Waals surface area contributed by atoms with E-state index in [-0.39, 0.29) is 12.9 Å². The van der Waals surface area contributed by atoms with Crippen LogP contribution in [0.1, 0.15) is 25.8 Å². The van der Waals surface area contributed by atoms with Crippen LogP contribution in [-0.2, 0) is 11.3 Å². The fraction of sp³-hybridized carbons (Fsp3) is 0.500. The van der Waals surface area contributed by atoms with Crippen LogP contribution >= 0.6 is 0 Å². The van der Waals surface area contributed by atoms with Crippen molar-refractivity contribution in [2.75, 3.05) is 6.61 Å². The summed E-state index contributed by atoms with van der Waals surface area (Å²) in [5.74, 6) is 0.771. The van der Waals surface area contributed by atoms with E-state index in [9.17, 15) is 0 Å². The molecule has 0 spiro atoms. The van der Waals surface area contributed by atoms with E-state index < -0.39 is 0 Å². The van der Waals surface area contributed by atoms with Crippen LogP contribution < -0.4 is 4.74 Å². The summed E-state index contributed by atoms with van der Waals surface area (Å²) in [6, 6.07) is 7.36. The second-order valence-electron chi connectivity index (χ2n) is 3.21. The number of hydrogen-bond acceptors (Lipinski definition) is 3. The van der Waals surface area contributed by atoms with Crippen molar-refractivity contribution < 1.29 is 14.6 Å². The maximum atomic E-state index is 8.88. The Morgan fingerprint density at radius 2 is 1.87 bits per heavy atom. The largest absolute Gasteiger partial charge is 0.465 e. The zero-order valence-electron chi connectivity index (χ0n) is 9.27. The Balaban J connectivity index is 2.55. The molecular formula is C12H18O3. The lowest BCUT2D eigenvalue weighted by Gasteiger charge is -2.17. The molecule has 1 rings (SSSR count). The van der Waals surface area contributed by atoms with Gasteiger partial charge in [-0.05, 0) is 24.6 Å². The Hall–Kier alpha value is -1.06. The smallest absolute Gasteiger partial charge is 0.199 e. The van der Waals surface area contributed by atoms with Crippen molar-refractivity contribution >= 4 is 0 Å². The first-order chi connectivity index (χ1) is 7.30. The second kappa shape index (κ2) is 6.43. The maximum Gasteiger partial charge on any atom is 0.199 e. The van der Waals surface area contributed by atoms with E-state index in [2.05, 4.69) is 0 Å². The molecule has 0 aromatic heterocycles. The van der Waals surface area contributed by atoms with Gasteiger partial charge in [-0.2, -0.15) is 0 Å². The molecular weight excluding hydrogens is 192 g/mol. The SMILES string of the molecule is CCOC(CC)Oc1ccc(CO)cc1. The second-order valence-corrected chi connectivity index (χ2v) is 3.21. The normalized spacial score (nSPS) is 12.5. The van der Waals surface area contributed by atoms with E-state index >= 15 is 0 Å². The molecule has 1 aromatic carbocycles. The summed E-state index contributed by atoms with van der Waals surface area (Å²) in [6.45, 7) is 4.67. The molecule has 0 amide bonds. The molecule has 0 radical (unpaired) electrons. The highest BCUT2D eigenvalue weighted by Crippen LogP contribution is 2.15. The highest BCUT2D eigenvalue weighted by atomic mass is 16.7. The van der Waals surface area contributed by atoms with Crippen molar-refractivity contribution in [3.05, 3.63) is 29.8 Å². The van der Waals surface area contributed by atoms with Crippen LogP contribution in [-0.4, -0.2) is 18.0 Å². The first-order valence-electron chi connectivity index (χ1n) is 5.28. The van der Waals surface area contributed by atoms with E-state index in [4.69, 9.17) is 14.6 Å². The summed E-state index contributed by atoms with van der Waals surface area (Å²) in [7, 11) is 0. The molecule has 0 aliphatic rings. The molecule has 0 heterocycles. The number of rotatable bonds is 6. The zero-order valence-corrected chi connectivity index (χ0v) is 9.27. The van der Waals surface area contributed by atoms with Crippen LogP contribution in [0.3, 0.4) is 0 Å². The highest BCUT2D eigenvalue weighted by molar-refractivity contribution is 5.26. The zero-order chi connectivity index (χ0) is 11.1. The Kier molecular flexibility index (Phi) is 5.15. The van der Waals surface area contributed by atoms with Gasteiger partial charge in [-0.25, -0.2) is 0 Å². The summed E-state index contributed by atoms with van der Waals surface area (Å²) in [4.78, 5) is 0. The summed E-state index contributed by atoms with van der Waals surface area (Å²) >= 11 is 0. The van der Waals surface area contributed by atoms with Crippen LogP contribution in [0.5, 0.6) is 5.75 Å². The fourth-order valence-corrected chi connectivity index (χ4v) is 1.25. The minimum Gasteiger partial charge on any atom is -0.465 e. The topological polar surface area (TPSA) is 38.7 Å². The fourth-order valence-electron chi connectivity index (χ4n) is 1.25. The maximum absolute atomic E-state index is 8.88. The van der Waals surface area contributed by atoms with Crippen LogP contribution in [0.4, 0.5) is 0 Å². The van der Waals surface area contributed by atoms with E-state index in [0.29, 0.717) is 6.61 Å². The number of hydrogen-bond donors (Lipinski definition) is 1. The minimum atomic E-state index is -0.185. The van der Waals surface area contributed by atoms with Gasteiger partial charge in [0.2, 0.25) is 0 Å². The molecule has 84 valence electrons. The van der Waals surface area contributed by atoms with Crippen LogP contribution in [0.25, 0.3) is 0 Å².